The molecule has 2 aromatic rings. The predicted octanol–water partition coefficient (Wildman–Crippen LogP) is 3.72. The van der Waals surface area contributed by atoms with E-state index in [4.69, 9.17) is 11.6 Å². The van der Waals surface area contributed by atoms with Crippen LogP contribution in [-0.2, 0) is 6.18 Å². The lowest BCUT2D eigenvalue weighted by atomic mass is 10.1. The summed E-state index contributed by atoms with van der Waals surface area (Å²) in [5.41, 5.74) is -0.229. The van der Waals surface area contributed by atoms with Gasteiger partial charge in [0.15, 0.2) is 0 Å². The number of hydrogen-bond donors (Lipinski definition) is 0. The fourth-order valence-electron chi connectivity index (χ4n) is 2.71. The van der Waals surface area contributed by atoms with Crippen LogP contribution in [0.15, 0.2) is 42.6 Å². The average molecular weight is 370 g/mol. The minimum absolute atomic E-state index is 0.140. The highest BCUT2D eigenvalue weighted by Crippen LogP contribution is 2.31. The molecule has 3 rings (SSSR count). The van der Waals surface area contributed by atoms with Crippen LogP contribution in [0.2, 0.25) is 5.02 Å². The zero-order valence-corrected chi connectivity index (χ0v) is 13.9. The van der Waals surface area contributed by atoms with Gasteiger partial charge in [-0.25, -0.2) is 4.98 Å². The van der Waals surface area contributed by atoms with Gasteiger partial charge >= 0.3 is 6.18 Å². The molecule has 4 nitrogen and oxygen atoms in total. The molecular weight excluding hydrogens is 355 g/mol. The lowest BCUT2D eigenvalue weighted by Crippen LogP contribution is -2.49. The molecule has 8 heteroatoms. The van der Waals surface area contributed by atoms with Crippen LogP contribution in [-0.4, -0.2) is 42.0 Å². The van der Waals surface area contributed by atoms with Crippen molar-refractivity contribution in [3.63, 3.8) is 0 Å². The van der Waals surface area contributed by atoms with E-state index in [0.717, 1.165) is 18.3 Å². The van der Waals surface area contributed by atoms with Crippen molar-refractivity contribution in [1.82, 2.24) is 9.88 Å². The molecule has 0 spiro atoms. The average Bonchev–Trinajstić information content (AvgIpc) is 2.61. The highest BCUT2D eigenvalue weighted by molar-refractivity contribution is 6.30. The Balaban J connectivity index is 1.67. The van der Waals surface area contributed by atoms with Crippen LogP contribution in [0.4, 0.5) is 19.0 Å². The van der Waals surface area contributed by atoms with Crippen molar-refractivity contribution in [2.24, 2.45) is 0 Å². The third-order valence-corrected chi connectivity index (χ3v) is 4.27. The topological polar surface area (TPSA) is 36.4 Å². The number of rotatable bonds is 2. The van der Waals surface area contributed by atoms with E-state index >= 15 is 0 Å². The Bertz CT molecular complexity index is 774. The minimum Gasteiger partial charge on any atom is -0.353 e. The number of alkyl halides is 3. The zero-order valence-electron chi connectivity index (χ0n) is 13.1. The first-order chi connectivity index (χ1) is 11.8. The Morgan fingerprint density at radius 1 is 1.08 bits per heavy atom. The molecule has 1 aliphatic heterocycles. The van der Waals surface area contributed by atoms with Crippen LogP contribution >= 0.6 is 11.6 Å². The molecule has 0 unspecified atom stereocenters. The van der Waals surface area contributed by atoms with Crippen LogP contribution in [0.3, 0.4) is 0 Å². The fourth-order valence-corrected chi connectivity index (χ4v) is 2.90. The maximum absolute atomic E-state index is 12.8. The van der Waals surface area contributed by atoms with Crippen molar-refractivity contribution in [2.75, 3.05) is 31.1 Å². The van der Waals surface area contributed by atoms with Gasteiger partial charge in [-0.3, -0.25) is 4.79 Å². The quantitative estimate of drug-likeness (QED) is 0.809. The Labute approximate surface area is 147 Å². The Kier molecular flexibility index (Phi) is 4.85. The van der Waals surface area contributed by atoms with E-state index in [1.165, 1.54) is 0 Å². The first kappa shape index (κ1) is 17.5. The van der Waals surface area contributed by atoms with Crippen molar-refractivity contribution in [2.45, 2.75) is 6.18 Å². The van der Waals surface area contributed by atoms with E-state index in [9.17, 15) is 18.0 Å². The lowest BCUT2D eigenvalue weighted by molar-refractivity contribution is -0.137. The summed E-state index contributed by atoms with van der Waals surface area (Å²) >= 11 is 5.90. The Morgan fingerprint density at radius 3 is 2.44 bits per heavy atom. The summed E-state index contributed by atoms with van der Waals surface area (Å²) in [6, 6.07) is 8.67. The van der Waals surface area contributed by atoms with Gasteiger partial charge in [0.25, 0.3) is 5.91 Å². The molecule has 0 saturated carbocycles. The molecule has 132 valence electrons. The second kappa shape index (κ2) is 6.92. The molecule has 0 bridgehead atoms. The predicted molar refractivity (Wildman–Crippen MR) is 88.8 cm³/mol. The highest BCUT2D eigenvalue weighted by atomic mass is 35.5. The molecule has 0 atom stereocenters. The van der Waals surface area contributed by atoms with E-state index in [-0.39, 0.29) is 11.7 Å². The summed E-state index contributed by atoms with van der Waals surface area (Å²) in [5.74, 6) is 0.129. The van der Waals surface area contributed by atoms with E-state index < -0.39 is 11.7 Å². The van der Waals surface area contributed by atoms with Crippen molar-refractivity contribution >= 4 is 23.3 Å². The number of amides is 1. The van der Waals surface area contributed by atoms with Crippen molar-refractivity contribution in [3.8, 4) is 0 Å². The summed E-state index contributed by atoms with van der Waals surface area (Å²) in [6.07, 6.45) is -3.25. The van der Waals surface area contributed by atoms with Gasteiger partial charge in [-0.05, 0) is 30.3 Å². The number of carbonyl (C=O) groups is 1. The minimum atomic E-state index is -4.40. The van der Waals surface area contributed by atoms with Crippen molar-refractivity contribution in [3.05, 3.63) is 58.7 Å². The molecule has 0 N–H and O–H groups in total. The maximum atomic E-state index is 12.8. The van der Waals surface area contributed by atoms with Crippen molar-refractivity contribution < 1.29 is 18.0 Å². The van der Waals surface area contributed by atoms with Crippen LogP contribution in [0.25, 0.3) is 0 Å². The molecule has 25 heavy (non-hydrogen) atoms. The van der Waals surface area contributed by atoms with Gasteiger partial charge in [-0.2, -0.15) is 13.2 Å². The summed E-state index contributed by atoms with van der Waals surface area (Å²) in [7, 11) is 0. The van der Waals surface area contributed by atoms with E-state index in [2.05, 4.69) is 4.98 Å². The Hall–Kier alpha value is -2.28. The van der Waals surface area contributed by atoms with Crippen LogP contribution < -0.4 is 4.90 Å². The van der Waals surface area contributed by atoms with E-state index in [1.54, 1.807) is 34.1 Å². The zero-order chi connectivity index (χ0) is 18.0. The van der Waals surface area contributed by atoms with Crippen LogP contribution in [0.1, 0.15) is 15.9 Å². The number of anilines is 1. The molecule has 0 aliphatic carbocycles. The van der Waals surface area contributed by atoms with Gasteiger partial charge in [0.2, 0.25) is 0 Å². The molecule has 2 heterocycles. The molecule has 1 aliphatic rings. The molecule has 1 aromatic heterocycles. The third-order valence-electron chi connectivity index (χ3n) is 4.04. The number of pyridine rings is 1. The first-order valence-electron chi connectivity index (χ1n) is 7.67. The summed E-state index contributed by atoms with van der Waals surface area (Å²) in [5, 5.41) is 0.484. The summed E-state index contributed by atoms with van der Waals surface area (Å²) in [6.45, 7) is 1.65. The molecule has 1 saturated heterocycles. The van der Waals surface area contributed by atoms with Gasteiger partial charge in [-0.15, -0.1) is 0 Å². The SMILES string of the molecule is O=C(c1cccc(Cl)c1)N1CCN(c2cc(C(F)(F)F)ccn2)CC1. The molecule has 0 radical (unpaired) electrons. The highest BCUT2D eigenvalue weighted by Gasteiger charge is 2.31. The largest absolute Gasteiger partial charge is 0.416 e. The molecule has 1 aromatic carbocycles. The maximum Gasteiger partial charge on any atom is 0.416 e. The van der Waals surface area contributed by atoms with E-state index in [1.807, 2.05) is 0 Å². The number of hydrogen-bond acceptors (Lipinski definition) is 3. The number of halogens is 4. The summed E-state index contributed by atoms with van der Waals surface area (Å²) < 4.78 is 38.4. The fraction of sp³-hybridized carbons (Fsp3) is 0.294. The van der Waals surface area contributed by atoms with Gasteiger partial charge in [0, 0.05) is 43.0 Å². The number of nitrogens with zero attached hydrogens (tertiary/aromatic N) is 3. The molecule has 1 amide bonds. The lowest BCUT2D eigenvalue weighted by Gasteiger charge is -2.35. The number of benzene rings is 1. The van der Waals surface area contributed by atoms with Gasteiger partial charge in [-0.1, -0.05) is 17.7 Å². The van der Waals surface area contributed by atoms with Crippen LogP contribution in [0.5, 0.6) is 0 Å². The van der Waals surface area contributed by atoms with Gasteiger partial charge < -0.3 is 9.80 Å². The monoisotopic (exact) mass is 369 g/mol. The standard InChI is InChI=1S/C17H15ClF3N3O/c18-14-3-1-2-12(10-14)16(25)24-8-6-23(7-9-24)15-11-13(4-5-22-15)17(19,20)21/h1-5,10-11H,6-9H2. The number of aromatic nitrogens is 1. The van der Waals surface area contributed by atoms with Gasteiger partial charge in [0.1, 0.15) is 5.82 Å². The van der Waals surface area contributed by atoms with Crippen LogP contribution in [0, 0.1) is 0 Å². The third kappa shape index (κ3) is 4.04. The number of carbonyl (C=O) groups excluding carboxylic acids is 1. The first-order valence-corrected chi connectivity index (χ1v) is 8.05. The Morgan fingerprint density at radius 2 is 1.80 bits per heavy atom. The normalized spacial score (nSPS) is 15.4. The van der Waals surface area contributed by atoms with Crippen molar-refractivity contribution in [1.29, 1.82) is 0 Å². The smallest absolute Gasteiger partial charge is 0.353 e. The molecule has 1 fully saturated rings. The van der Waals surface area contributed by atoms with E-state index in [0.29, 0.717) is 36.8 Å². The second-order valence-corrected chi connectivity index (χ2v) is 6.13. The van der Waals surface area contributed by atoms with Gasteiger partial charge in [0.05, 0.1) is 5.56 Å². The molecular formula is C17H15ClF3N3O. The second-order valence-electron chi connectivity index (χ2n) is 5.69. The number of piperazine rings is 1. The summed E-state index contributed by atoms with van der Waals surface area (Å²) in [4.78, 5) is 19.9.